The molecule has 0 aromatic carbocycles. The van der Waals surface area contributed by atoms with Gasteiger partial charge in [-0.15, -0.1) is 0 Å². The van der Waals surface area contributed by atoms with Crippen LogP contribution < -0.4 is 0 Å². The summed E-state index contributed by atoms with van der Waals surface area (Å²) < 4.78 is 10.4. The van der Waals surface area contributed by atoms with Crippen molar-refractivity contribution in [2.24, 2.45) is 0 Å². The number of unbranched alkanes of at least 4 members (excludes halogenated alkanes) is 6. The van der Waals surface area contributed by atoms with Crippen LogP contribution in [0.4, 0.5) is 0 Å². The first-order valence-corrected chi connectivity index (χ1v) is 15.6. The van der Waals surface area contributed by atoms with Gasteiger partial charge < -0.3 is 19.7 Å². The van der Waals surface area contributed by atoms with E-state index in [1.54, 1.807) is 6.08 Å². The predicted octanol–water partition coefficient (Wildman–Crippen LogP) is 8.02. The van der Waals surface area contributed by atoms with Gasteiger partial charge in [0, 0.05) is 12.8 Å². The standard InChI is InChI=1S/C35H56O6/c1-3-5-7-8-16-20-24-28-34(38)40-31-33(30-36)41-35(39)29-25-21-18-15-13-11-9-10-12-14-17-19-23-27-32(37)26-22-6-4-2/h6,10-13,17-19,21-23,27,32-33,36-37H,3-5,7-9,14-16,20,24-26,28-31H2,1-2H3/b12-10-,13-11-,19-17+,21-18-,22-6-,27-23+/t32?,33-/m0/s1. The molecule has 0 fully saturated rings. The van der Waals surface area contributed by atoms with E-state index < -0.39 is 18.2 Å². The monoisotopic (exact) mass is 572 g/mol. The molecule has 6 nitrogen and oxygen atoms in total. The van der Waals surface area contributed by atoms with Gasteiger partial charge in [0.2, 0.25) is 0 Å². The van der Waals surface area contributed by atoms with Gasteiger partial charge in [-0.1, -0.05) is 125 Å². The quantitative estimate of drug-likeness (QED) is 0.0472. The molecule has 0 aromatic rings. The summed E-state index contributed by atoms with van der Waals surface area (Å²) in [6.07, 6.45) is 35.9. The maximum Gasteiger partial charge on any atom is 0.306 e. The summed E-state index contributed by atoms with van der Waals surface area (Å²) in [5.74, 6) is -0.727. The zero-order valence-electron chi connectivity index (χ0n) is 25.6. The number of hydrogen-bond acceptors (Lipinski definition) is 6. The Bertz CT molecular complexity index is 805. The van der Waals surface area contributed by atoms with Crippen LogP contribution in [0, 0.1) is 0 Å². The predicted molar refractivity (Wildman–Crippen MR) is 169 cm³/mol. The zero-order valence-corrected chi connectivity index (χ0v) is 25.6. The maximum atomic E-state index is 12.0. The highest BCUT2D eigenvalue weighted by molar-refractivity contribution is 5.70. The third-order valence-electron chi connectivity index (χ3n) is 6.11. The van der Waals surface area contributed by atoms with Gasteiger partial charge in [-0.3, -0.25) is 9.59 Å². The lowest BCUT2D eigenvalue weighted by Gasteiger charge is -2.15. The van der Waals surface area contributed by atoms with Gasteiger partial charge in [0.15, 0.2) is 6.10 Å². The molecular formula is C35H56O6. The number of carbonyl (C=O) groups excluding carboxylic acids is 2. The SMILES string of the molecule is CC/C=C\CC(O)/C=C/C=C/C/C=C\C/C=C\C/C=C\CCC(=O)O[C@@H](CO)COC(=O)CCCCCCCCC. The molecule has 1 unspecified atom stereocenters. The average molecular weight is 573 g/mol. The highest BCUT2D eigenvalue weighted by atomic mass is 16.6. The number of aliphatic hydroxyl groups is 2. The van der Waals surface area contributed by atoms with Crippen LogP contribution in [0.1, 0.15) is 110 Å². The first kappa shape index (κ1) is 38.3. The molecule has 0 saturated carbocycles. The largest absolute Gasteiger partial charge is 0.462 e. The molecule has 0 saturated heterocycles. The molecule has 0 amide bonds. The molecule has 6 heteroatoms. The van der Waals surface area contributed by atoms with Gasteiger partial charge in [0.05, 0.1) is 12.7 Å². The van der Waals surface area contributed by atoms with Gasteiger partial charge in [0.1, 0.15) is 6.61 Å². The normalized spacial score (nSPS) is 14.0. The summed E-state index contributed by atoms with van der Waals surface area (Å²) in [6.45, 7) is 3.78. The van der Waals surface area contributed by atoms with Gasteiger partial charge in [-0.05, 0) is 44.9 Å². The Balaban J connectivity index is 3.86. The van der Waals surface area contributed by atoms with Crippen LogP contribution in [0.2, 0.25) is 0 Å². The molecule has 0 radical (unpaired) electrons. The van der Waals surface area contributed by atoms with Crippen LogP contribution in [0.5, 0.6) is 0 Å². The lowest BCUT2D eigenvalue weighted by molar-refractivity contribution is -0.161. The second kappa shape index (κ2) is 30.3. The third kappa shape index (κ3) is 28.6. The molecule has 41 heavy (non-hydrogen) atoms. The summed E-state index contributed by atoms with van der Waals surface area (Å²) in [5.41, 5.74) is 0. The number of ether oxygens (including phenoxy) is 2. The molecule has 0 spiro atoms. The fourth-order valence-electron chi connectivity index (χ4n) is 3.72. The van der Waals surface area contributed by atoms with Crippen LogP contribution in [-0.2, 0) is 19.1 Å². The Morgan fingerprint density at radius 3 is 2.00 bits per heavy atom. The van der Waals surface area contributed by atoms with Crippen LogP contribution in [0.3, 0.4) is 0 Å². The van der Waals surface area contributed by atoms with E-state index in [2.05, 4.69) is 44.2 Å². The third-order valence-corrected chi connectivity index (χ3v) is 6.11. The molecule has 0 aliphatic heterocycles. The van der Waals surface area contributed by atoms with Crippen molar-refractivity contribution in [3.8, 4) is 0 Å². The number of rotatable bonds is 26. The molecule has 2 atom stereocenters. The number of allylic oxidation sites excluding steroid dienone is 10. The van der Waals surface area contributed by atoms with Crippen LogP contribution >= 0.6 is 0 Å². The summed E-state index contributed by atoms with van der Waals surface area (Å²) in [4.78, 5) is 23.9. The fourth-order valence-corrected chi connectivity index (χ4v) is 3.72. The summed E-state index contributed by atoms with van der Waals surface area (Å²) in [5, 5.41) is 19.2. The highest BCUT2D eigenvalue weighted by Gasteiger charge is 2.15. The van der Waals surface area contributed by atoms with Crippen LogP contribution in [-0.4, -0.2) is 47.6 Å². The molecule has 0 bridgehead atoms. The number of esters is 2. The van der Waals surface area contributed by atoms with E-state index in [-0.39, 0.29) is 25.6 Å². The second-order valence-electron chi connectivity index (χ2n) is 10.0. The van der Waals surface area contributed by atoms with E-state index in [9.17, 15) is 19.8 Å². The summed E-state index contributed by atoms with van der Waals surface area (Å²) in [7, 11) is 0. The Morgan fingerprint density at radius 2 is 1.34 bits per heavy atom. The van der Waals surface area contributed by atoms with Crippen molar-refractivity contribution in [2.45, 2.75) is 122 Å². The van der Waals surface area contributed by atoms with Crippen molar-refractivity contribution in [1.29, 1.82) is 0 Å². The minimum atomic E-state index is -0.821. The number of hydrogen-bond donors (Lipinski definition) is 2. The first-order chi connectivity index (χ1) is 20.0. The van der Waals surface area contributed by atoms with Crippen LogP contribution in [0.15, 0.2) is 72.9 Å². The molecule has 0 aliphatic carbocycles. The molecule has 0 aromatic heterocycles. The second-order valence-corrected chi connectivity index (χ2v) is 10.0. The molecule has 232 valence electrons. The minimum Gasteiger partial charge on any atom is -0.462 e. The molecule has 0 heterocycles. The van der Waals surface area contributed by atoms with Crippen molar-refractivity contribution in [1.82, 2.24) is 0 Å². The number of carbonyl (C=O) groups is 2. The van der Waals surface area contributed by atoms with Crippen LogP contribution in [0.25, 0.3) is 0 Å². The van der Waals surface area contributed by atoms with E-state index in [1.807, 2.05) is 36.5 Å². The smallest absolute Gasteiger partial charge is 0.306 e. The molecular weight excluding hydrogens is 516 g/mol. The van der Waals surface area contributed by atoms with Crippen molar-refractivity contribution in [3.05, 3.63) is 72.9 Å². The Morgan fingerprint density at radius 1 is 0.707 bits per heavy atom. The van der Waals surface area contributed by atoms with E-state index in [1.165, 1.54) is 25.7 Å². The lowest BCUT2D eigenvalue weighted by atomic mass is 10.1. The van der Waals surface area contributed by atoms with Crippen molar-refractivity contribution >= 4 is 11.9 Å². The zero-order chi connectivity index (χ0) is 30.2. The van der Waals surface area contributed by atoms with Crippen molar-refractivity contribution in [2.75, 3.05) is 13.2 Å². The highest BCUT2D eigenvalue weighted by Crippen LogP contribution is 2.09. The Hall–Kier alpha value is -2.70. The Kier molecular flexibility index (Phi) is 28.3. The van der Waals surface area contributed by atoms with E-state index in [4.69, 9.17) is 9.47 Å². The van der Waals surface area contributed by atoms with E-state index in [0.29, 0.717) is 19.3 Å². The average Bonchev–Trinajstić information content (AvgIpc) is 2.96. The number of aliphatic hydroxyl groups excluding tert-OH is 2. The van der Waals surface area contributed by atoms with Gasteiger partial charge in [0.25, 0.3) is 0 Å². The summed E-state index contributed by atoms with van der Waals surface area (Å²) >= 11 is 0. The van der Waals surface area contributed by atoms with Crippen molar-refractivity contribution in [3.63, 3.8) is 0 Å². The fraction of sp³-hybridized carbons (Fsp3) is 0.600. The summed E-state index contributed by atoms with van der Waals surface area (Å²) in [6, 6.07) is 0. The molecule has 0 rings (SSSR count). The Labute approximate surface area is 249 Å². The van der Waals surface area contributed by atoms with Gasteiger partial charge >= 0.3 is 11.9 Å². The van der Waals surface area contributed by atoms with Crippen molar-refractivity contribution < 1.29 is 29.3 Å². The van der Waals surface area contributed by atoms with Gasteiger partial charge in [-0.2, -0.15) is 0 Å². The topological polar surface area (TPSA) is 93.1 Å². The van der Waals surface area contributed by atoms with E-state index in [0.717, 1.165) is 44.9 Å². The van der Waals surface area contributed by atoms with E-state index >= 15 is 0 Å². The lowest BCUT2D eigenvalue weighted by Crippen LogP contribution is -2.28. The first-order valence-electron chi connectivity index (χ1n) is 15.6. The maximum absolute atomic E-state index is 12.0. The molecule has 0 aliphatic rings. The minimum absolute atomic E-state index is 0.110. The van der Waals surface area contributed by atoms with Gasteiger partial charge in [-0.25, -0.2) is 0 Å². The molecule has 2 N–H and O–H groups in total.